The maximum absolute atomic E-state index is 12.8. The second-order valence-electron chi connectivity index (χ2n) is 7.93. The van der Waals surface area contributed by atoms with Crippen molar-refractivity contribution in [3.05, 3.63) is 47.7 Å². The number of anilines is 1. The SMILES string of the molecule is Cc1cc(NC(=O)COC(=O)CN2C(=O)C3CCC(c4ccccc4)CC3C2=O)no1. The molecule has 9 heteroatoms. The molecule has 1 aliphatic carbocycles. The van der Waals surface area contributed by atoms with Crippen molar-refractivity contribution in [1.29, 1.82) is 0 Å². The third-order valence-corrected chi connectivity index (χ3v) is 5.83. The van der Waals surface area contributed by atoms with E-state index in [1.165, 1.54) is 6.07 Å². The van der Waals surface area contributed by atoms with Crippen LogP contribution in [0.2, 0.25) is 0 Å². The summed E-state index contributed by atoms with van der Waals surface area (Å²) >= 11 is 0. The van der Waals surface area contributed by atoms with E-state index in [4.69, 9.17) is 9.26 Å². The third kappa shape index (κ3) is 4.50. The van der Waals surface area contributed by atoms with Crippen molar-refractivity contribution in [2.75, 3.05) is 18.5 Å². The molecule has 2 fully saturated rings. The lowest BCUT2D eigenvalue weighted by molar-refractivity contribution is -0.154. The van der Waals surface area contributed by atoms with Gasteiger partial charge in [0.2, 0.25) is 11.8 Å². The third-order valence-electron chi connectivity index (χ3n) is 5.83. The summed E-state index contributed by atoms with van der Waals surface area (Å²) in [6, 6.07) is 11.5. The Labute approximate surface area is 178 Å². The number of amides is 3. The Morgan fingerprint density at radius 3 is 2.61 bits per heavy atom. The van der Waals surface area contributed by atoms with E-state index in [1.54, 1.807) is 6.92 Å². The fourth-order valence-electron chi connectivity index (χ4n) is 4.36. The predicted octanol–water partition coefficient (Wildman–Crippen LogP) is 2.03. The molecule has 9 nitrogen and oxygen atoms in total. The standard InChI is InChI=1S/C22H23N3O6/c1-13-9-18(24-31-13)23-19(26)12-30-20(27)11-25-21(28)16-8-7-15(10-17(16)22(25)29)14-5-3-2-4-6-14/h2-6,9,15-17H,7-8,10-12H2,1H3,(H,23,24,26). The van der Waals surface area contributed by atoms with Crippen LogP contribution in [0.1, 0.15) is 36.5 Å². The molecular weight excluding hydrogens is 402 g/mol. The van der Waals surface area contributed by atoms with Crippen LogP contribution < -0.4 is 5.32 Å². The van der Waals surface area contributed by atoms with E-state index in [2.05, 4.69) is 10.5 Å². The summed E-state index contributed by atoms with van der Waals surface area (Å²) in [6.45, 7) is 0.632. The Balaban J connectivity index is 1.30. The summed E-state index contributed by atoms with van der Waals surface area (Å²) in [7, 11) is 0. The first-order valence-corrected chi connectivity index (χ1v) is 10.2. The van der Waals surface area contributed by atoms with Gasteiger partial charge in [0.25, 0.3) is 5.91 Å². The van der Waals surface area contributed by atoms with E-state index in [9.17, 15) is 19.2 Å². The van der Waals surface area contributed by atoms with E-state index in [1.807, 2.05) is 30.3 Å². The Morgan fingerprint density at radius 2 is 1.90 bits per heavy atom. The van der Waals surface area contributed by atoms with Crippen molar-refractivity contribution in [2.45, 2.75) is 32.1 Å². The Bertz CT molecular complexity index is 1000. The topological polar surface area (TPSA) is 119 Å². The van der Waals surface area contributed by atoms with Gasteiger partial charge in [0, 0.05) is 6.07 Å². The highest BCUT2D eigenvalue weighted by Crippen LogP contribution is 2.44. The number of fused-ring (bicyclic) bond motifs is 1. The number of hydrogen-bond donors (Lipinski definition) is 1. The van der Waals surface area contributed by atoms with Gasteiger partial charge in [-0.3, -0.25) is 24.1 Å². The molecule has 3 unspecified atom stereocenters. The molecule has 0 spiro atoms. The fourth-order valence-corrected chi connectivity index (χ4v) is 4.36. The second kappa shape index (κ2) is 8.71. The van der Waals surface area contributed by atoms with Gasteiger partial charge in [0.05, 0.1) is 11.8 Å². The van der Waals surface area contributed by atoms with Gasteiger partial charge in [0.1, 0.15) is 12.3 Å². The number of rotatable bonds is 6. The van der Waals surface area contributed by atoms with E-state index in [0.29, 0.717) is 18.6 Å². The summed E-state index contributed by atoms with van der Waals surface area (Å²) in [5.74, 6) is -1.94. The molecule has 2 heterocycles. The summed E-state index contributed by atoms with van der Waals surface area (Å²) in [5.41, 5.74) is 1.16. The molecule has 31 heavy (non-hydrogen) atoms. The lowest BCUT2D eigenvalue weighted by atomic mass is 9.73. The minimum Gasteiger partial charge on any atom is -0.454 e. The number of benzene rings is 1. The molecule has 1 aliphatic heterocycles. The highest BCUT2D eigenvalue weighted by Gasteiger charge is 2.50. The maximum atomic E-state index is 12.8. The van der Waals surface area contributed by atoms with Crippen LogP contribution in [0, 0.1) is 18.8 Å². The number of carbonyl (C=O) groups excluding carboxylic acids is 4. The highest BCUT2D eigenvalue weighted by molar-refractivity contribution is 6.07. The summed E-state index contributed by atoms with van der Waals surface area (Å²) in [4.78, 5) is 50.5. The monoisotopic (exact) mass is 425 g/mol. The number of aromatic nitrogens is 1. The summed E-state index contributed by atoms with van der Waals surface area (Å²) < 4.78 is 9.76. The Hall–Kier alpha value is -3.49. The first-order valence-electron chi connectivity index (χ1n) is 10.2. The molecule has 1 aromatic heterocycles. The van der Waals surface area contributed by atoms with Crippen molar-refractivity contribution in [1.82, 2.24) is 10.1 Å². The van der Waals surface area contributed by atoms with Gasteiger partial charge in [-0.25, -0.2) is 0 Å². The van der Waals surface area contributed by atoms with E-state index in [-0.39, 0.29) is 29.5 Å². The van der Waals surface area contributed by atoms with Crippen LogP contribution in [0.4, 0.5) is 5.82 Å². The molecule has 0 radical (unpaired) electrons. The number of nitrogens with one attached hydrogen (secondary N) is 1. The van der Waals surface area contributed by atoms with Crippen molar-refractivity contribution in [2.24, 2.45) is 11.8 Å². The van der Waals surface area contributed by atoms with Crippen LogP contribution in [0.15, 0.2) is 40.9 Å². The van der Waals surface area contributed by atoms with Gasteiger partial charge in [-0.05, 0) is 37.7 Å². The van der Waals surface area contributed by atoms with Gasteiger partial charge < -0.3 is 14.6 Å². The van der Waals surface area contributed by atoms with E-state index in [0.717, 1.165) is 16.9 Å². The lowest BCUT2D eigenvalue weighted by Gasteiger charge is -2.28. The molecule has 1 saturated heterocycles. The molecule has 3 amide bonds. The van der Waals surface area contributed by atoms with Gasteiger partial charge in [-0.2, -0.15) is 0 Å². The number of hydrogen-bond acceptors (Lipinski definition) is 7. The zero-order chi connectivity index (χ0) is 22.0. The van der Waals surface area contributed by atoms with Crippen molar-refractivity contribution in [3.8, 4) is 0 Å². The van der Waals surface area contributed by atoms with Crippen molar-refractivity contribution >= 4 is 29.5 Å². The zero-order valence-electron chi connectivity index (χ0n) is 17.1. The molecule has 3 atom stereocenters. The molecule has 1 saturated carbocycles. The van der Waals surface area contributed by atoms with Crippen LogP contribution in [0.25, 0.3) is 0 Å². The zero-order valence-corrected chi connectivity index (χ0v) is 17.1. The average Bonchev–Trinajstić information content (AvgIpc) is 3.28. The second-order valence-corrected chi connectivity index (χ2v) is 7.93. The highest BCUT2D eigenvalue weighted by atomic mass is 16.5. The molecule has 2 aliphatic rings. The molecule has 4 rings (SSSR count). The number of carbonyl (C=O) groups is 4. The molecule has 2 aromatic rings. The van der Waals surface area contributed by atoms with Gasteiger partial charge in [0.15, 0.2) is 12.4 Å². The first kappa shape index (κ1) is 20.8. The normalized spacial score (nSPS) is 22.9. The number of ether oxygens (including phenoxy) is 1. The van der Waals surface area contributed by atoms with Gasteiger partial charge in [-0.1, -0.05) is 35.5 Å². The molecule has 162 valence electrons. The number of esters is 1. The number of likely N-dealkylation sites (tertiary alicyclic amines) is 1. The van der Waals surface area contributed by atoms with Crippen molar-refractivity contribution < 1.29 is 28.4 Å². The lowest BCUT2D eigenvalue weighted by Crippen LogP contribution is -2.37. The molecule has 0 bridgehead atoms. The van der Waals surface area contributed by atoms with Crippen LogP contribution in [0.3, 0.4) is 0 Å². The molecule has 1 aromatic carbocycles. The first-order chi connectivity index (χ1) is 14.9. The molecular formula is C22H23N3O6. The summed E-state index contributed by atoms with van der Waals surface area (Å²) in [5, 5.41) is 6.03. The average molecular weight is 425 g/mol. The van der Waals surface area contributed by atoms with Gasteiger partial charge >= 0.3 is 5.97 Å². The van der Waals surface area contributed by atoms with Crippen LogP contribution in [-0.2, 0) is 23.9 Å². The quantitative estimate of drug-likeness (QED) is 0.556. The van der Waals surface area contributed by atoms with Crippen molar-refractivity contribution in [3.63, 3.8) is 0 Å². The van der Waals surface area contributed by atoms with Crippen LogP contribution in [0.5, 0.6) is 0 Å². The smallest absolute Gasteiger partial charge is 0.326 e. The maximum Gasteiger partial charge on any atom is 0.326 e. The summed E-state index contributed by atoms with van der Waals surface area (Å²) in [6.07, 6.45) is 2.02. The van der Waals surface area contributed by atoms with E-state index < -0.39 is 30.9 Å². The predicted molar refractivity (Wildman–Crippen MR) is 108 cm³/mol. The Kier molecular flexibility index (Phi) is 5.83. The minimum atomic E-state index is -0.813. The fraction of sp³-hybridized carbons (Fsp3) is 0.409. The number of aryl methyl sites for hydroxylation is 1. The largest absolute Gasteiger partial charge is 0.454 e. The minimum absolute atomic E-state index is 0.209. The number of nitrogens with zero attached hydrogens (tertiary/aromatic N) is 2. The Morgan fingerprint density at radius 1 is 1.16 bits per heavy atom. The molecule has 1 N–H and O–H groups in total. The van der Waals surface area contributed by atoms with Gasteiger partial charge in [-0.15, -0.1) is 0 Å². The van der Waals surface area contributed by atoms with Crippen LogP contribution in [-0.4, -0.2) is 46.9 Å². The van der Waals surface area contributed by atoms with E-state index >= 15 is 0 Å². The van der Waals surface area contributed by atoms with Crippen LogP contribution >= 0.6 is 0 Å². The number of imide groups is 1.